The maximum Gasteiger partial charge on any atom is 0.206 e. The van der Waals surface area contributed by atoms with E-state index < -0.39 is 9.84 Å². The van der Waals surface area contributed by atoms with Crippen molar-refractivity contribution in [1.29, 1.82) is 0 Å². The largest absolute Gasteiger partial charge is 0.497 e. The number of sulfone groups is 1. The molecule has 0 amide bonds. The quantitative estimate of drug-likeness (QED) is 0.108. The molecule has 63 heavy (non-hydrogen) atoms. The zero-order valence-corrected chi connectivity index (χ0v) is 36.3. The number of nitrogens with zero attached hydrogens (tertiary/aromatic N) is 3. The van der Waals surface area contributed by atoms with Crippen LogP contribution in [0.4, 0.5) is 39.8 Å². The zero-order chi connectivity index (χ0) is 43.9. The molecule has 1 unspecified atom stereocenters. The zero-order valence-electron chi connectivity index (χ0n) is 35.5. The number of aromatic nitrogens is 2. The number of benzene rings is 6. The van der Waals surface area contributed by atoms with E-state index in [-0.39, 0.29) is 15.8 Å². The average molecular weight is 853 g/mol. The topological polar surface area (TPSA) is 132 Å². The Kier molecular flexibility index (Phi) is 12.4. The second-order valence-corrected chi connectivity index (χ2v) is 17.2. The Labute approximate surface area is 368 Å². The lowest BCUT2D eigenvalue weighted by Gasteiger charge is -2.34. The fourth-order valence-electron chi connectivity index (χ4n) is 7.48. The first-order valence-electron chi connectivity index (χ1n) is 20.5. The van der Waals surface area contributed by atoms with Gasteiger partial charge < -0.3 is 30.7 Å². The Morgan fingerprint density at radius 2 is 1.24 bits per heavy atom. The summed E-state index contributed by atoms with van der Waals surface area (Å²) in [5.41, 5.74) is 17.7. The number of anilines is 7. The van der Waals surface area contributed by atoms with Gasteiger partial charge in [0, 0.05) is 74.9 Å². The van der Waals surface area contributed by atoms with Crippen molar-refractivity contribution >= 4 is 66.6 Å². The molecule has 1 aliphatic rings. The number of pyridine rings is 2. The van der Waals surface area contributed by atoms with Gasteiger partial charge in [-0.2, -0.15) is 0 Å². The van der Waals surface area contributed by atoms with Gasteiger partial charge in [0.05, 0.1) is 29.5 Å². The number of nitrogens with two attached hydrogens (primary N) is 1. The van der Waals surface area contributed by atoms with Crippen molar-refractivity contribution in [3.63, 3.8) is 0 Å². The maximum atomic E-state index is 13.3. The molecule has 0 bridgehead atoms. The minimum absolute atomic E-state index is 0.124. The average Bonchev–Trinajstić information content (AvgIpc) is 3.31. The molecular formula is C52H48N6O4S. The third-order valence-corrected chi connectivity index (χ3v) is 12.6. The number of hydrogen-bond donors (Lipinski definition) is 3. The fourth-order valence-corrected chi connectivity index (χ4v) is 8.74. The predicted octanol–water partition coefficient (Wildman–Crippen LogP) is 11.7. The van der Waals surface area contributed by atoms with Crippen LogP contribution in [0.5, 0.6) is 11.5 Å². The Hall–Kier alpha value is -7.63. The molecule has 10 nitrogen and oxygen atoms in total. The molecule has 0 saturated heterocycles. The van der Waals surface area contributed by atoms with E-state index >= 15 is 0 Å². The van der Waals surface area contributed by atoms with Crippen LogP contribution in [0.3, 0.4) is 0 Å². The Bertz CT molecular complexity index is 2980. The molecule has 0 spiro atoms. The Balaban J connectivity index is 0.000000177. The first-order chi connectivity index (χ1) is 30.6. The van der Waals surface area contributed by atoms with E-state index in [2.05, 4.69) is 87.0 Å². The highest BCUT2D eigenvalue weighted by atomic mass is 32.2. The van der Waals surface area contributed by atoms with E-state index in [0.717, 1.165) is 79.9 Å². The van der Waals surface area contributed by atoms with E-state index in [1.54, 1.807) is 63.0 Å². The minimum Gasteiger partial charge on any atom is -0.497 e. The smallest absolute Gasteiger partial charge is 0.206 e. The van der Waals surface area contributed by atoms with E-state index in [9.17, 15) is 8.42 Å². The van der Waals surface area contributed by atoms with Gasteiger partial charge in [0.2, 0.25) is 9.84 Å². The predicted molar refractivity (Wildman–Crippen MR) is 256 cm³/mol. The van der Waals surface area contributed by atoms with Crippen molar-refractivity contribution < 1.29 is 17.9 Å². The van der Waals surface area contributed by atoms with Gasteiger partial charge in [-0.25, -0.2) is 8.42 Å². The van der Waals surface area contributed by atoms with Gasteiger partial charge in [-0.3, -0.25) is 9.97 Å². The van der Waals surface area contributed by atoms with Gasteiger partial charge in [-0.1, -0.05) is 36.4 Å². The van der Waals surface area contributed by atoms with Crippen molar-refractivity contribution in [2.45, 2.75) is 36.1 Å². The highest BCUT2D eigenvalue weighted by Gasteiger charge is 2.23. The summed E-state index contributed by atoms with van der Waals surface area (Å²) in [7, 11) is -0.318. The Morgan fingerprint density at radius 1 is 0.667 bits per heavy atom. The van der Waals surface area contributed by atoms with Crippen LogP contribution < -0.4 is 30.7 Å². The summed E-state index contributed by atoms with van der Waals surface area (Å²) in [5, 5.41) is 7.80. The number of nitrogen functional groups attached to an aromatic ring is 1. The number of rotatable bonds is 11. The third kappa shape index (κ3) is 9.80. The summed E-state index contributed by atoms with van der Waals surface area (Å²) in [6.45, 7) is 4.11. The highest BCUT2D eigenvalue weighted by molar-refractivity contribution is 7.91. The van der Waals surface area contributed by atoms with Crippen molar-refractivity contribution in [1.82, 2.24) is 9.97 Å². The normalized spacial score (nSPS) is 13.1. The van der Waals surface area contributed by atoms with Crippen LogP contribution in [0.15, 0.2) is 180 Å². The molecule has 3 heterocycles. The van der Waals surface area contributed by atoms with Crippen LogP contribution in [-0.4, -0.2) is 38.6 Å². The van der Waals surface area contributed by atoms with E-state index in [4.69, 9.17) is 15.2 Å². The van der Waals surface area contributed by atoms with E-state index in [1.165, 1.54) is 11.1 Å². The van der Waals surface area contributed by atoms with Gasteiger partial charge in [0.1, 0.15) is 11.5 Å². The summed E-state index contributed by atoms with van der Waals surface area (Å²) < 4.78 is 37.2. The molecule has 8 aromatic rings. The van der Waals surface area contributed by atoms with Crippen molar-refractivity contribution in [3.05, 3.63) is 193 Å². The van der Waals surface area contributed by atoms with Gasteiger partial charge in [0.15, 0.2) is 0 Å². The molecule has 1 atom stereocenters. The fraction of sp³-hybridized carbons (Fsp3) is 0.115. The first-order valence-corrected chi connectivity index (χ1v) is 22.0. The minimum atomic E-state index is -3.65. The molecular weight excluding hydrogens is 805 g/mol. The molecule has 11 heteroatoms. The number of aryl methyl sites for hydroxylation is 1. The van der Waals surface area contributed by atoms with Crippen LogP contribution in [-0.2, 0) is 16.3 Å². The highest BCUT2D eigenvalue weighted by Crippen LogP contribution is 2.38. The third-order valence-electron chi connectivity index (χ3n) is 10.8. The van der Waals surface area contributed by atoms with Crippen LogP contribution in [0.1, 0.15) is 29.3 Å². The molecule has 0 aliphatic carbocycles. The Morgan fingerprint density at radius 3 is 1.90 bits per heavy atom. The lowest BCUT2D eigenvalue weighted by Crippen LogP contribution is -2.29. The van der Waals surface area contributed by atoms with Crippen molar-refractivity contribution in [2.24, 2.45) is 0 Å². The van der Waals surface area contributed by atoms with Gasteiger partial charge in [-0.05, 0) is 159 Å². The summed E-state index contributed by atoms with van der Waals surface area (Å²) in [4.78, 5) is 11.3. The molecule has 9 rings (SSSR count). The van der Waals surface area contributed by atoms with Crippen LogP contribution >= 0.6 is 0 Å². The number of hydrogen-bond acceptors (Lipinski definition) is 10. The second-order valence-electron chi connectivity index (χ2n) is 15.2. The van der Waals surface area contributed by atoms with Crippen LogP contribution in [0, 0.1) is 6.92 Å². The molecule has 316 valence electrons. The monoisotopic (exact) mass is 852 g/mol. The maximum absolute atomic E-state index is 13.3. The lowest BCUT2D eigenvalue weighted by molar-refractivity contribution is 0.414. The summed E-state index contributed by atoms with van der Waals surface area (Å²) in [5.74, 6) is 1.62. The molecule has 6 aromatic carbocycles. The number of nitrogens with one attached hydrogen (secondary N) is 2. The van der Waals surface area contributed by atoms with Crippen molar-refractivity contribution in [3.8, 4) is 11.5 Å². The van der Waals surface area contributed by atoms with E-state index in [1.807, 2.05) is 79.7 Å². The van der Waals surface area contributed by atoms with Crippen molar-refractivity contribution in [2.75, 3.05) is 35.5 Å². The van der Waals surface area contributed by atoms with Crippen LogP contribution in [0.2, 0.25) is 0 Å². The van der Waals surface area contributed by atoms with Gasteiger partial charge in [0.25, 0.3) is 0 Å². The van der Waals surface area contributed by atoms with Crippen LogP contribution in [0.25, 0.3) is 17.0 Å². The van der Waals surface area contributed by atoms with Gasteiger partial charge >= 0.3 is 0 Å². The molecule has 0 fully saturated rings. The van der Waals surface area contributed by atoms with Gasteiger partial charge in [-0.15, -0.1) is 0 Å². The second kappa shape index (κ2) is 18.6. The summed E-state index contributed by atoms with van der Waals surface area (Å²) in [6, 6.07) is 48.1. The molecule has 0 saturated carbocycles. The SMILES string of the molecule is COc1ccc2c(c1)C=CC(C)N2c1ccc(S(=O)(=O)c2ccc(Nc3ccncc3)cc2)cc1.COc1ccc2nc(C)cc(Nc3ccc(Cc4ccc(N)cc4)cc3)c2c1. The molecule has 0 radical (unpaired) electrons. The molecule has 1 aliphatic heterocycles. The molecule has 4 N–H and O–H groups in total. The lowest BCUT2D eigenvalue weighted by atomic mass is 10.0. The number of methoxy groups -OCH3 is 2. The van der Waals surface area contributed by atoms with E-state index in [0.29, 0.717) is 0 Å². The number of ether oxygens (including phenoxy) is 2. The standard InChI is InChI=1S/C28H25N3O3S.C24H23N3O/c1-20-3-4-21-19-25(34-2)9-14-28(21)31(20)24-7-12-27(13-8-24)35(32,33)26-10-5-22(6-11-26)30-23-15-17-29-18-16-23;1-16-13-24(22-15-21(28-2)11-12-23(22)26-16)27-20-9-5-18(6-10-20)14-17-3-7-19(25)8-4-17/h3-20H,1-2H3,(H,29,30);3-13,15H,14,25H2,1-2H3,(H,26,27). The number of fused-ring (bicyclic) bond motifs is 2. The summed E-state index contributed by atoms with van der Waals surface area (Å²) >= 11 is 0. The first kappa shape index (κ1) is 42.1. The summed E-state index contributed by atoms with van der Waals surface area (Å²) in [6.07, 6.45) is 8.48. The molecule has 2 aromatic heterocycles.